The van der Waals surface area contributed by atoms with Gasteiger partial charge >= 0.3 is 0 Å². The minimum atomic E-state index is 0.424. The van der Waals surface area contributed by atoms with Crippen LogP contribution in [0.1, 0.15) is 17.0 Å². The second-order valence-electron chi connectivity index (χ2n) is 5.94. The number of ether oxygens (including phenoxy) is 1. The molecule has 1 atom stereocenters. The maximum Gasteiger partial charge on any atom is 0.132 e. The van der Waals surface area contributed by atoms with E-state index in [9.17, 15) is 0 Å². The molecule has 0 saturated carbocycles. The van der Waals surface area contributed by atoms with Crippen molar-refractivity contribution in [3.05, 3.63) is 47.7 Å². The van der Waals surface area contributed by atoms with E-state index in [1.807, 2.05) is 19.2 Å². The lowest BCUT2D eigenvalue weighted by atomic mass is 10.0. The van der Waals surface area contributed by atoms with Gasteiger partial charge in [0.25, 0.3) is 0 Å². The van der Waals surface area contributed by atoms with Crippen molar-refractivity contribution in [3.63, 3.8) is 0 Å². The number of aryl methyl sites for hydroxylation is 2. The molecule has 2 aromatic heterocycles. The molecule has 1 aliphatic rings. The number of nitrogens with zero attached hydrogens (tertiary/aromatic N) is 4. The van der Waals surface area contributed by atoms with Crippen molar-refractivity contribution in [2.24, 2.45) is 5.92 Å². The van der Waals surface area contributed by atoms with Gasteiger partial charge in [-0.2, -0.15) is 0 Å². The number of rotatable bonds is 3. The first-order valence-corrected chi connectivity index (χ1v) is 7.73. The van der Waals surface area contributed by atoms with E-state index in [2.05, 4.69) is 38.9 Å². The molecule has 2 aromatic rings. The summed E-state index contributed by atoms with van der Waals surface area (Å²) in [7, 11) is 0. The van der Waals surface area contributed by atoms with Crippen LogP contribution in [0.2, 0.25) is 0 Å². The summed E-state index contributed by atoms with van der Waals surface area (Å²) in [4.78, 5) is 15.4. The molecule has 1 aliphatic heterocycles. The lowest BCUT2D eigenvalue weighted by Crippen LogP contribution is -2.31. The van der Waals surface area contributed by atoms with Crippen LogP contribution in [0.5, 0.6) is 0 Å². The molecule has 1 saturated heterocycles. The maximum atomic E-state index is 5.77. The quantitative estimate of drug-likeness (QED) is 0.869. The summed E-state index contributed by atoms with van der Waals surface area (Å²) < 4.78 is 5.77. The van der Waals surface area contributed by atoms with Crippen LogP contribution in [0.4, 0.5) is 5.82 Å². The molecule has 0 unspecified atom stereocenters. The number of hydrogen-bond acceptors (Lipinski definition) is 5. The molecular formula is C17H22N4O. The standard InChI is InChI=1S/C17H22N4O/c1-13-3-4-16(18-9-13)8-15-10-21(5-6-22-11-15)17-7-14(2)19-12-20-17/h3-4,7,9,12,15H,5-6,8,10-11H2,1-2H3/t15-/m1/s1. The summed E-state index contributed by atoms with van der Waals surface area (Å²) in [6, 6.07) is 6.26. The van der Waals surface area contributed by atoms with Crippen LogP contribution >= 0.6 is 0 Å². The summed E-state index contributed by atoms with van der Waals surface area (Å²) in [5.41, 5.74) is 3.31. The Morgan fingerprint density at radius 3 is 2.91 bits per heavy atom. The van der Waals surface area contributed by atoms with Gasteiger partial charge in [-0.25, -0.2) is 9.97 Å². The van der Waals surface area contributed by atoms with Gasteiger partial charge in [0, 0.05) is 42.7 Å². The zero-order valence-corrected chi connectivity index (χ0v) is 13.2. The normalized spacial score (nSPS) is 19.0. The highest BCUT2D eigenvalue weighted by Crippen LogP contribution is 2.18. The SMILES string of the molecule is Cc1ccc(C[C@H]2COCCN(c3cc(C)ncn3)C2)nc1. The van der Waals surface area contributed by atoms with Crippen LogP contribution in [0.3, 0.4) is 0 Å². The third-order valence-electron chi connectivity index (χ3n) is 3.92. The maximum absolute atomic E-state index is 5.77. The average molecular weight is 298 g/mol. The number of pyridine rings is 1. The smallest absolute Gasteiger partial charge is 0.132 e. The molecule has 1 fully saturated rings. The van der Waals surface area contributed by atoms with Crippen molar-refractivity contribution in [2.75, 3.05) is 31.2 Å². The molecule has 0 N–H and O–H groups in total. The molecule has 116 valence electrons. The van der Waals surface area contributed by atoms with Crippen molar-refractivity contribution in [1.82, 2.24) is 15.0 Å². The summed E-state index contributed by atoms with van der Waals surface area (Å²) in [5, 5.41) is 0. The van der Waals surface area contributed by atoms with Crippen LogP contribution in [-0.2, 0) is 11.2 Å². The third kappa shape index (κ3) is 3.80. The minimum absolute atomic E-state index is 0.424. The van der Waals surface area contributed by atoms with E-state index in [4.69, 9.17) is 4.74 Å². The van der Waals surface area contributed by atoms with Crippen LogP contribution in [0.25, 0.3) is 0 Å². The van der Waals surface area contributed by atoms with E-state index >= 15 is 0 Å². The summed E-state index contributed by atoms with van der Waals surface area (Å²) in [6.45, 7) is 7.37. The molecule has 3 rings (SSSR count). The molecule has 0 spiro atoms. The van der Waals surface area contributed by atoms with Crippen molar-refractivity contribution < 1.29 is 4.74 Å². The van der Waals surface area contributed by atoms with Crippen LogP contribution < -0.4 is 4.90 Å². The van der Waals surface area contributed by atoms with Crippen LogP contribution in [-0.4, -0.2) is 41.3 Å². The van der Waals surface area contributed by atoms with Gasteiger partial charge < -0.3 is 9.64 Å². The molecule has 0 bridgehead atoms. The number of aromatic nitrogens is 3. The zero-order chi connectivity index (χ0) is 15.4. The van der Waals surface area contributed by atoms with E-state index in [0.717, 1.165) is 49.9 Å². The second kappa shape index (κ2) is 6.83. The van der Waals surface area contributed by atoms with Crippen LogP contribution in [0, 0.1) is 19.8 Å². The van der Waals surface area contributed by atoms with Gasteiger partial charge in [-0.15, -0.1) is 0 Å². The first-order valence-electron chi connectivity index (χ1n) is 7.73. The Kier molecular flexibility index (Phi) is 4.63. The Balaban J connectivity index is 1.71. The van der Waals surface area contributed by atoms with Gasteiger partial charge in [0.1, 0.15) is 12.1 Å². The molecule has 0 aliphatic carbocycles. The molecule has 0 amide bonds. The van der Waals surface area contributed by atoms with Gasteiger partial charge in [-0.05, 0) is 31.9 Å². The Bertz CT molecular complexity index is 614. The first kappa shape index (κ1) is 14.9. The Morgan fingerprint density at radius 1 is 1.23 bits per heavy atom. The minimum Gasteiger partial charge on any atom is -0.379 e. The van der Waals surface area contributed by atoms with E-state index in [1.165, 1.54) is 5.56 Å². The predicted octanol–water partition coefficient (Wildman–Crippen LogP) is 2.18. The van der Waals surface area contributed by atoms with E-state index in [1.54, 1.807) is 6.33 Å². The van der Waals surface area contributed by atoms with Crippen LogP contribution in [0.15, 0.2) is 30.7 Å². The summed E-state index contributed by atoms with van der Waals surface area (Å²) in [6.07, 6.45) is 4.49. The molecular weight excluding hydrogens is 276 g/mol. The average Bonchev–Trinajstić information content (AvgIpc) is 2.75. The lowest BCUT2D eigenvalue weighted by Gasteiger charge is -2.24. The van der Waals surface area contributed by atoms with E-state index in [-0.39, 0.29) is 0 Å². The predicted molar refractivity (Wildman–Crippen MR) is 86.0 cm³/mol. The molecule has 22 heavy (non-hydrogen) atoms. The van der Waals surface area contributed by atoms with E-state index < -0.39 is 0 Å². The van der Waals surface area contributed by atoms with E-state index in [0.29, 0.717) is 5.92 Å². The van der Waals surface area contributed by atoms with Gasteiger partial charge in [0.05, 0.1) is 13.2 Å². The Hall–Kier alpha value is -2.01. The summed E-state index contributed by atoms with van der Waals surface area (Å²) >= 11 is 0. The van der Waals surface area contributed by atoms with Crippen molar-refractivity contribution in [1.29, 1.82) is 0 Å². The third-order valence-corrected chi connectivity index (χ3v) is 3.92. The van der Waals surface area contributed by atoms with Gasteiger partial charge in [0.15, 0.2) is 0 Å². The summed E-state index contributed by atoms with van der Waals surface area (Å²) in [5.74, 6) is 1.41. The first-order chi connectivity index (χ1) is 10.7. The second-order valence-corrected chi connectivity index (χ2v) is 5.94. The largest absolute Gasteiger partial charge is 0.379 e. The molecule has 5 nitrogen and oxygen atoms in total. The highest BCUT2D eigenvalue weighted by molar-refractivity contribution is 5.39. The fourth-order valence-electron chi connectivity index (χ4n) is 2.74. The molecule has 0 radical (unpaired) electrons. The zero-order valence-electron chi connectivity index (χ0n) is 13.2. The van der Waals surface area contributed by atoms with Gasteiger partial charge in [-0.1, -0.05) is 6.07 Å². The molecule has 0 aromatic carbocycles. The number of anilines is 1. The fraction of sp³-hybridized carbons (Fsp3) is 0.471. The van der Waals surface area contributed by atoms with Crippen molar-refractivity contribution in [2.45, 2.75) is 20.3 Å². The number of hydrogen-bond donors (Lipinski definition) is 0. The fourth-order valence-corrected chi connectivity index (χ4v) is 2.74. The highest BCUT2D eigenvalue weighted by Gasteiger charge is 2.20. The topological polar surface area (TPSA) is 51.1 Å². The Morgan fingerprint density at radius 2 is 2.14 bits per heavy atom. The van der Waals surface area contributed by atoms with Crippen molar-refractivity contribution in [3.8, 4) is 0 Å². The van der Waals surface area contributed by atoms with Crippen molar-refractivity contribution >= 4 is 5.82 Å². The molecule has 3 heterocycles. The van der Waals surface area contributed by atoms with Gasteiger partial charge in [-0.3, -0.25) is 4.98 Å². The Labute approximate surface area is 131 Å². The molecule has 5 heteroatoms. The highest BCUT2D eigenvalue weighted by atomic mass is 16.5. The van der Waals surface area contributed by atoms with Gasteiger partial charge in [0.2, 0.25) is 0 Å². The lowest BCUT2D eigenvalue weighted by molar-refractivity contribution is 0.123. The monoisotopic (exact) mass is 298 g/mol.